The minimum atomic E-state index is -1.18. The maximum absolute atomic E-state index is 13.0. The van der Waals surface area contributed by atoms with Crippen LogP contribution in [0.5, 0.6) is 0 Å². The van der Waals surface area contributed by atoms with E-state index in [1.54, 1.807) is 24.3 Å². The van der Waals surface area contributed by atoms with Gasteiger partial charge < -0.3 is 20.9 Å². The number of carbonyl (C=O) groups excluding carboxylic acids is 3. The van der Waals surface area contributed by atoms with E-state index >= 15 is 0 Å². The Labute approximate surface area is 150 Å². The first-order valence-electron chi connectivity index (χ1n) is 7.80. The number of hydrogen-bond acceptors (Lipinski definition) is 7. The van der Waals surface area contributed by atoms with Crippen LogP contribution in [0, 0.1) is 0 Å². The van der Waals surface area contributed by atoms with Gasteiger partial charge in [0, 0.05) is 11.3 Å². The molecule has 136 valence electrons. The molecular formula is C19H20N2O5. The highest BCUT2D eigenvalue weighted by molar-refractivity contribution is 6.04. The lowest BCUT2D eigenvalue weighted by molar-refractivity contribution is -0.142. The Morgan fingerprint density at radius 2 is 1.38 bits per heavy atom. The highest BCUT2D eigenvalue weighted by atomic mass is 16.5. The number of esters is 2. The second-order valence-electron chi connectivity index (χ2n) is 5.63. The highest BCUT2D eigenvalue weighted by Crippen LogP contribution is 2.26. The molecule has 0 heterocycles. The Balaban J connectivity index is 2.40. The smallest absolute Gasteiger partial charge is 0.337 e. The van der Waals surface area contributed by atoms with E-state index < -0.39 is 23.9 Å². The molecule has 0 aliphatic carbocycles. The van der Waals surface area contributed by atoms with Gasteiger partial charge in [0.25, 0.3) is 0 Å². The number of hydrogen-bond donors (Lipinski definition) is 2. The fourth-order valence-corrected chi connectivity index (χ4v) is 2.57. The molecule has 0 spiro atoms. The predicted molar refractivity (Wildman–Crippen MR) is 95.7 cm³/mol. The Bertz CT molecular complexity index is 800. The first-order chi connectivity index (χ1) is 12.4. The van der Waals surface area contributed by atoms with Gasteiger partial charge in [-0.25, -0.2) is 4.79 Å². The fraction of sp³-hybridized carbons (Fsp3) is 0.211. The van der Waals surface area contributed by atoms with Crippen LogP contribution in [0.1, 0.15) is 32.2 Å². The second-order valence-corrected chi connectivity index (χ2v) is 5.63. The topological polar surface area (TPSA) is 122 Å². The minimum absolute atomic E-state index is 0.304. The quantitative estimate of drug-likeness (QED) is 0.457. The van der Waals surface area contributed by atoms with Crippen molar-refractivity contribution in [3.63, 3.8) is 0 Å². The third kappa shape index (κ3) is 4.07. The average Bonchev–Trinajstić information content (AvgIpc) is 2.68. The summed E-state index contributed by atoms with van der Waals surface area (Å²) >= 11 is 0. The van der Waals surface area contributed by atoms with E-state index in [0.717, 1.165) is 0 Å². The Morgan fingerprint density at radius 1 is 0.846 bits per heavy atom. The zero-order valence-corrected chi connectivity index (χ0v) is 14.5. The van der Waals surface area contributed by atoms with Gasteiger partial charge in [-0.05, 0) is 29.8 Å². The maximum atomic E-state index is 13.0. The summed E-state index contributed by atoms with van der Waals surface area (Å²) < 4.78 is 9.32. The lowest BCUT2D eigenvalue weighted by Crippen LogP contribution is -2.41. The van der Waals surface area contributed by atoms with Gasteiger partial charge in [0.15, 0.2) is 5.78 Å². The zero-order chi connectivity index (χ0) is 19.3. The largest absolute Gasteiger partial charge is 0.468 e. The highest BCUT2D eigenvalue weighted by Gasteiger charge is 2.33. The van der Waals surface area contributed by atoms with Crippen molar-refractivity contribution >= 4 is 23.4 Å². The van der Waals surface area contributed by atoms with E-state index in [0.29, 0.717) is 22.4 Å². The first-order valence-corrected chi connectivity index (χ1v) is 7.80. The van der Waals surface area contributed by atoms with Crippen LogP contribution in [0.2, 0.25) is 0 Å². The van der Waals surface area contributed by atoms with Gasteiger partial charge >= 0.3 is 11.9 Å². The van der Waals surface area contributed by atoms with Gasteiger partial charge in [0.2, 0.25) is 0 Å². The van der Waals surface area contributed by atoms with Crippen LogP contribution < -0.4 is 11.5 Å². The number of carbonyl (C=O) groups is 3. The van der Waals surface area contributed by atoms with Crippen LogP contribution in [0.3, 0.4) is 0 Å². The summed E-state index contributed by atoms with van der Waals surface area (Å²) in [5.74, 6) is -2.53. The van der Waals surface area contributed by atoms with Crippen LogP contribution in [0.4, 0.5) is 5.69 Å². The average molecular weight is 356 g/mol. The van der Waals surface area contributed by atoms with E-state index in [4.69, 9.17) is 11.5 Å². The normalized spacial score (nSPS) is 12.7. The van der Waals surface area contributed by atoms with Gasteiger partial charge in [-0.15, -0.1) is 0 Å². The molecule has 0 aliphatic heterocycles. The number of anilines is 1. The molecule has 1 unspecified atom stereocenters. The number of nitrogens with two attached hydrogens (primary N) is 2. The fourth-order valence-electron chi connectivity index (χ4n) is 2.57. The number of Topliss-reactive ketones (excluding diaryl/α,β-unsaturated/α-hetero) is 1. The van der Waals surface area contributed by atoms with Crippen molar-refractivity contribution in [2.45, 2.75) is 12.0 Å². The minimum Gasteiger partial charge on any atom is -0.468 e. The monoisotopic (exact) mass is 356 g/mol. The van der Waals surface area contributed by atoms with Gasteiger partial charge in [-0.2, -0.15) is 0 Å². The van der Waals surface area contributed by atoms with Gasteiger partial charge in [-0.3, -0.25) is 9.59 Å². The molecule has 7 nitrogen and oxygen atoms in total. The number of nitrogen functional groups attached to an aromatic ring is 1. The lowest BCUT2D eigenvalue weighted by Gasteiger charge is -2.21. The van der Waals surface area contributed by atoms with Crippen LogP contribution in [-0.4, -0.2) is 38.0 Å². The van der Waals surface area contributed by atoms with Crippen molar-refractivity contribution in [2.24, 2.45) is 5.73 Å². The van der Waals surface area contributed by atoms with E-state index in [2.05, 4.69) is 9.47 Å². The zero-order valence-electron chi connectivity index (χ0n) is 14.5. The molecule has 0 radical (unpaired) electrons. The molecule has 2 rings (SSSR count). The molecule has 0 fully saturated rings. The van der Waals surface area contributed by atoms with Crippen LogP contribution in [0.15, 0.2) is 48.5 Å². The molecule has 7 heteroatoms. The van der Waals surface area contributed by atoms with E-state index in [-0.39, 0.29) is 5.78 Å². The number of rotatable bonds is 6. The molecule has 0 amide bonds. The summed E-state index contributed by atoms with van der Waals surface area (Å²) in [5, 5.41) is 0. The summed E-state index contributed by atoms with van der Waals surface area (Å²) in [6, 6.07) is 11.3. The number of ether oxygens (including phenoxy) is 2. The summed E-state index contributed by atoms with van der Waals surface area (Å²) in [6.45, 7) is 0. The van der Waals surface area contributed by atoms with Crippen molar-refractivity contribution in [3.05, 3.63) is 65.2 Å². The van der Waals surface area contributed by atoms with E-state index in [1.807, 2.05) is 0 Å². The second kappa shape index (κ2) is 8.26. The third-order valence-corrected chi connectivity index (χ3v) is 4.00. The summed E-state index contributed by atoms with van der Waals surface area (Å²) in [4.78, 5) is 36.5. The van der Waals surface area contributed by atoms with Gasteiger partial charge in [0.05, 0.1) is 25.7 Å². The van der Waals surface area contributed by atoms with Crippen molar-refractivity contribution < 1.29 is 23.9 Å². The standard InChI is InChI=1S/C19H20N2O5/c1-25-18(23)13-5-3-12(4-6-13)17(22)15(16(21)19(24)26-2)11-7-9-14(20)10-8-11/h3-10,15-16H,20-21H2,1-2H3/t15?,16-/m1/s1. The molecule has 4 N–H and O–H groups in total. The summed E-state index contributed by atoms with van der Waals surface area (Å²) in [6.07, 6.45) is 0. The SMILES string of the molecule is COC(=O)c1ccc(C(=O)C(c2ccc(N)cc2)[C@@H](N)C(=O)OC)cc1. The molecule has 0 saturated carbocycles. The van der Waals surface area contributed by atoms with Crippen LogP contribution in [0.25, 0.3) is 0 Å². The molecule has 0 bridgehead atoms. The lowest BCUT2D eigenvalue weighted by atomic mass is 9.84. The first kappa shape index (κ1) is 19.1. The van der Waals surface area contributed by atoms with Crippen LogP contribution >= 0.6 is 0 Å². The number of ketones is 1. The predicted octanol–water partition coefficient (Wildman–Crippen LogP) is 1.52. The van der Waals surface area contributed by atoms with Crippen molar-refractivity contribution in [2.75, 3.05) is 20.0 Å². The van der Waals surface area contributed by atoms with Crippen molar-refractivity contribution in [3.8, 4) is 0 Å². The van der Waals surface area contributed by atoms with Crippen LogP contribution in [-0.2, 0) is 14.3 Å². The maximum Gasteiger partial charge on any atom is 0.337 e. The molecule has 2 atom stereocenters. The number of benzene rings is 2. The molecule has 26 heavy (non-hydrogen) atoms. The van der Waals surface area contributed by atoms with E-state index in [1.165, 1.54) is 38.5 Å². The van der Waals surface area contributed by atoms with E-state index in [9.17, 15) is 14.4 Å². The molecule has 2 aromatic carbocycles. The molecule has 0 aromatic heterocycles. The van der Waals surface area contributed by atoms with Crippen molar-refractivity contribution in [1.29, 1.82) is 0 Å². The molecule has 0 saturated heterocycles. The summed E-state index contributed by atoms with van der Waals surface area (Å²) in [5.41, 5.74) is 13.3. The third-order valence-electron chi connectivity index (χ3n) is 4.00. The Kier molecular flexibility index (Phi) is 6.08. The molecule has 2 aromatic rings. The number of methoxy groups -OCH3 is 2. The van der Waals surface area contributed by atoms with Gasteiger partial charge in [0.1, 0.15) is 6.04 Å². The molecular weight excluding hydrogens is 336 g/mol. The summed E-state index contributed by atoms with van der Waals surface area (Å²) in [7, 11) is 2.48. The molecule has 0 aliphatic rings. The Morgan fingerprint density at radius 3 is 1.88 bits per heavy atom. The van der Waals surface area contributed by atoms with Gasteiger partial charge in [-0.1, -0.05) is 24.3 Å². The van der Waals surface area contributed by atoms with Crippen molar-refractivity contribution in [1.82, 2.24) is 0 Å². The Hall–Kier alpha value is -3.19.